The van der Waals surface area contributed by atoms with E-state index in [1.165, 1.54) is 10.9 Å². The predicted molar refractivity (Wildman–Crippen MR) is 101 cm³/mol. The minimum absolute atomic E-state index is 0.0222. The number of aromatic amines is 1. The summed E-state index contributed by atoms with van der Waals surface area (Å²) in [7, 11) is 0. The van der Waals surface area contributed by atoms with Gasteiger partial charge in [-0.2, -0.15) is 0 Å². The van der Waals surface area contributed by atoms with E-state index >= 15 is 0 Å². The third-order valence-electron chi connectivity index (χ3n) is 4.23. The summed E-state index contributed by atoms with van der Waals surface area (Å²) < 4.78 is 5.47. The zero-order valence-corrected chi connectivity index (χ0v) is 15.1. The fourth-order valence-corrected chi connectivity index (χ4v) is 2.90. The Balaban J connectivity index is 1.58. The summed E-state index contributed by atoms with van der Waals surface area (Å²) in [6.45, 7) is 4.73. The van der Waals surface area contributed by atoms with E-state index in [2.05, 4.69) is 30.2 Å². The minimum Gasteiger partial charge on any atom is -0.484 e. The molecule has 130 valence electrons. The van der Waals surface area contributed by atoms with Gasteiger partial charge in [0, 0.05) is 34.1 Å². The molecule has 2 N–H and O–H groups in total. The highest BCUT2D eigenvalue weighted by Crippen LogP contribution is 2.29. The summed E-state index contributed by atoms with van der Waals surface area (Å²) in [5.41, 5.74) is 2.08. The Morgan fingerprint density at radius 3 is 2.64 bits per heavy atom. The Morgan fingerprint density at radius 1 is 1.16 bits per heavy atom. The molecule has 1 aromatic heterocycles. The van der Waals surface area contributed by atoms with Gasteiger partial charge in [0.05, 0.1) is 0 Å². The molecule has 4 nitrogen and oxygen atoms in total. The summed E-state index contributed by atoms with van der Waals surface area (Å²) in [5.74, 6) is 0.471. The zero-order chi connectivity index (χ0) is 17.9. The molecule has 0 fully saturated rings. The van der Waals surface area contributed by atoms with E-state index in [0.29, 0.717) is 17.3 Å². The molecule has 0 radical (unpaired) electrons. The SMILES string of the molecule is CC(C)(CNC(=O)COc1ccc(Cl)cc1)c1c[nH]c2ccccc12. The molecule has 2 aromatic carbocycles. The van der Waals surface area contributed by atoms with Crippen LogP contribution in [-0.2, 0) is 10.2 Å². The quantitative estimate of drug-likeness (QED) is 0.692. The average molecular weight is 357 g/mol. The maximum atomic E-state index is 12.1. The number of carbonyl (C=O) groups is 1. The molecule has 0 spiro atoms. The van der Waals surface area contributed by atoms with Gasteiger partial charge in [-0.15, -0.1) is 0 Å². The van der Waals surface area contributed by atoms with Crippen molar-refractivity contribution in [1.29, 1.82) is 0 Å². The molecule has 25 heavy (non-hydrogen) atoms. The third kappa shape index (κ3) is 4.15. The standard InChI is InChI=1S/C20H21ClN2O2/c1-20(2,17-11-22-18-6-4-3-5-16(17)18)13-23-19(24)12-25-15-9-7-14(21)8-10-15/h3-11,22H,12-13H2,1-2H3,(H,23,24). The molecule has 0 atom stereocenters. The van der Waals surface area contributed by atoms with Crippen molar-refractivity contribution >= 4 is 28.4 Å². The molecule has 0 aliphatic rings. The van der Waals surface area contributed by atoms with Gasteiger partial charge in [0.2, 0.25) is 0 Å². The first-order valence-electron chi connectivity index (χ1n) is 8.17. The molecule has 0 aliphatic heterocycles. The van der Waals surface area contributed by atoms with Gasteiger partial charge in [-0.25, -0.2) is 0 Å². The number of carbonyl (C=O) groups excluding carboxylic acids is 1. The van der Waals surface area contributed by atoms with Crippen LogP contribution in [0.5, 0.6) is 5.75 Å². The fourth-order valence-electron chi connectivity index (χ4n) is 2.78. The number of rotatable bonds is 6. The molecule has 0 bridgehead atoms. The van der Waals surface area contributed by atoms with Gasteiger partial charge in [-0.1, -0.05) is 43.6 Å². The molecule has 3 aromatic rings. The molecule has 1 heterocycles. The van der Waals surface area contributed by atoms with Crippen molar-refractivity contribution in [3.63, 3.8) is 0 Å². The number of nitrogens with one attached hydrogen (secondary N) is 2. The van der Waals surface area contributed by atoms with Crippen molar-refractivity contribution < 1.29 is 9.53 Å². The largest absolute Gasteiger partial charge is 0.484 e. The number of hydrogen-bond acceptors (Lipinski definition) is 2. The van der Waals surface area contributed by atoms with E-state index < -0.39 is 0 Å². The van der Waals surface area contributed by atoms with E-state index in [9.17, 15) is 4.79 Å². The van der Waals surface area contributed by atoms with Crippen LogP contribution in [0.1, 0.15) is 19.4 Å². The van der Waals surface area contributed by atoms with Crippen LogP contribution in [0, 0.1) is 0 Å². The number of para-hydroxylation sites is 1. The lowest BCUT2D eigenvalue weighted by molar-refractivity contribution is -0.123. The fraction of sp³-hybridized carbons (Fsp3) is 0.250. The number of hydrogen-bond donors (Lipinski definition) is 2. The number of ether oxygens (including phenoxy) is 1. The second-order valence-corrected chi connectivity index (χ2v) is 7.09. The lowest BCUT2D eigenvalue weighted by atomic mass is 9.84. The van der Waals surface area contributed by atoms with Gasteiger partial charge < -0.3 is 15.0 Å². The van der Waals surface area contributed by atoms with Crippen molar-refractivity contribution in [3.05, 3.63) is 65.3 Å². The molecule has 0 aliphatic carbocycles. The van der Waals surface area contributed by atoms with Crippen LogP contribution in [-0.4, -0.2) is 24.0 Å². The molecule has 0 saturated heterocycles. The lowest BCUT2D eigenvalue weighted by Gasteiger charge is -2.25. The van der Waals surface area contributed by atoms with E-state index in [1.807, 2.05) is 24.4 Å². The average Bonchev–Trinajstić information content (AvgIpc) is 3.04. The lowest BCUT2D eigenvalue weighted by Crippen LogP contribution is -2.38. The molecule has 1 amide bonds. The number of amides is 1. The van der Waals surface area contributed by atoms with Crippen LogP contribution in [0.3, 0.4) is 0 Å². The summed E-state index contributed by atoms with van der Waals surface area (Å²) in [6, 6.07) is 15.1. The van der Waals surface area contributed by atoms with Gasteiger partial charge in [0.1, 0.15) is 5.75 Å². The van der Waals surface area contributed by atoms with Crippen molar-refractivity contribution in [2.24, 2.45) is 0 Å². The van der Waals surface area contributed by atoms with Gasteiger partial charge in [0.25, 0.3) is 5.91 Å². The van der Waals surface area contributed by atoms with E-state index in [1.54, 1.807) is 24.3 Å². The van der Waals surface area contributed by atoms with Gasteiger partial charge in [0.15, 0.2) is 6.61 Å². The first-order chi connectivity index (χ1) is 12.0. The number of fused-ring (bicyclic) bond motifs is 1. The first kappa shape index (κ1) is 17.4. The van der Waals surface area contributed by atoms with Crippen molar-refractivity contribution in [2.45, 2.75) is 19.3 Å². The number of benzene rings is 2. The number of H-pyrrole nitrogens is 1. The van der Waals surface area contributed by atoms with Crippen LogP contribution in [0.2, 0.25) is 5.02 Å². The highest BCUT2D eigenvalue weighted by atomic mass is 35.5. The maximum Gasteiger partial charge on any atom is 0.257 e. The van der Waals surface area contributed by atoms with E-state index in [0.717, 1.165) is 5.52 Å². The second-order valence-electron chi connectivity index (χ2n) is 6.65. The number of halogens is 1. The van der Waals surface area contributed by atoms with Gasteiger partial charge >= 0.3 is 0 Å². The summed E-state index contributed by atoms with van der Waals surface area (Å²) in [4.78, 5) is 15.4. The van der Waals surface area contributed by atoms with Gasteiger partial charge in [-0.05, 0) is 35.9 Å². The Bertz CT molecular complexity index is 869. The van der Waals surface area contributed by atoms with Crippen molar-refractivity contribution in [2.75, 3.05) is 13.2 Å². The zero-order valence-electron chi connectivity index (χ0n) is 14.3. The van der Waals surface area contributed by atoms with Crippen molar-refractivity contribution in [1.82, 2.24) is 10.3 Å². The van der Waals surface area contributed by atoms with Crippen LogP contribution in [0.15, 0.2) is 54.7 Å². The second kappa shape index (κ2) is 7.19. The molecular formula is C20H21ClN2O2. The summed E-state index contributed by atoms with van der Waals surface area (Å²) in [5, 5.41) is 4.77. The van der Waals surface area contributed by atoms with Crippen LogP contribution in [0.25, 0.3) is 10.9 Å². The minimum atomic E-state index is -0.199. The van der Waals surface area contributed by atoms with Crippen LogP contribution in [0.4, 0.5) is 0 Å². The summed E-state index contributed by atoms with van der Waals surface area (Å²) in [6.07, 6.45) is 2.01. The molecule has 3 rings (SSSR count). The normalized spacial score (nSPS) is 11.5. The number of aromatic nitrogens is 1. The topological polar surface area (TPSA) is 54.1 Å². The monoisotopic (exact) mass is 356 g/mol. The predicted octanol–water partition coefficient (Wildman–Crippen LogP) is 4.29. The highest BCUT2D eigenvalue weighted by Gasteiger charge is 2.24. The van der Waals surface area contributed by atoms with Crippen LogP contribution >= 0.6 is 11.6 Å². The summed E-state index contributed by atoms with van der Waals surface area (Å²) >= 11 is 5.83. The molecular weight excluding hydrogens is 336 g/mol. The smallest absolute Gasteiger partial charge is 0.257 e. The molecule has 0 saturated carbocycles. The highest BCUT2D eigenvalue weighted by molar-refractivity contribution is 6.30. The Labute approximate surface area is 152 Å². The Morgan fingerprint density at radius 2 is 1.88 bits per heavy atom. The van der Waals surface area contributed by atoms with Gasteiger partial charge in [-0.3, -0.25) is 4.79 Å². The van der Waals surface area contributed by atoms with Crippen molar-refractivity contribution in [3.8, 4) is 5.75 Å². The van der Waals surface area contributed by atoms with E-state index in [4.69, 9.17) is 16.3 Å². The Kier molecular flexibility index (Phi) is 5.00. The maximum absolute atomic E-state index is 12.1. The first-order valence-corrected chi connectivity index (χ1v) is 8.55. The van der Waals surface area contributed by atoms with E-state index in [-0.39, 0.29) is 17.9 Å². The molecule has 0 unspecified atom stereocenters. The third-order valence-corrected chi connectivity index (χ3v) is 4.48. The Hall–Kier alpha value is -2.46. The molecule has 5 heteroatoms. The van der Waals surface area contributed by atoms with Crippen LogP contribution < -0.4 is 10.1 Å².